The van der Waals surface area contributed by atoms with Gasteiger partial charge in [0.05, 0.1) is 19.6 Å². The first-order valence-corrected chi connectivity index (χ1v) is 8.60. The highest BCUT2D eigenvalue weighted by atomic mass is 32.1. The number of carbonyl (C=O) groups excluding carboxylic acids is 1. The third-order valence-corrected chi connectivity index (χ3v) is 3.95. The van der Waals surface area contributed by atoms with E-state index in [1.165, 1.54) is 18.4 Å². The first-order valence-electron chi connectivity index (χ1n) is 7.72. The molecule has 1 aromatic rings. The van der Waals surface area contributed by atoms with E-state index in [1.54, 1.807) is 23.5 Å². The second kappa shape index (κ2) is 12.3. The Hall–Kier alpha value is -2.15. The van der Waals surface area contributed by atoms with E-state index < -0.39 is 6.04 Å². The fourth-order valence-corrected chi connectivity index (χ4v) is 2.74. The lowest BCUT2D eigenvalue weighted by Crippen LogP contribution is -2.45. The van der Waals surface area contributed by atoms with Gasteiger partial charge in [-0.2, -0.15) is 5.26 Å². The van der Waals surface area contributed by atoms with Gasteiger partial charge in [-0.15, -0.1) is 11.3 Å². The number of unbranched alkanes of at least 4 members (excludes halogenated alkanes) is 1. The number of nitrogens with zero attached hydrogens (tertiary/aromatic N) is 3. The van der Waals surface area contributed by atoms with E-state index in [4.69, 9.17) is 15.8 Å². The van der Waals surface area contributed by atoms with E-state index in [9.17, 15) is 4.79 Å². The molecule has 0 aliphatic rings. The number of anilines is 1. The molecule has 8 nitrogen and oxygen atoms in total. The molecule has 4 N–H and O–H groups in total. The van der Waals surface area contributed by atoms with Gasteiger partial charge in [-0.25, -0.2) is 4.98 Å². The van der Waals surface area contributed by atoms with Gasteiger partial charge in [-0.1, -0.05) is 0 Å². The normalized spacial score (nSPS) is 11.9. The molecule has 1 atom stereocenters. The van der Waals surface area contributed by atoms with Gasteiger partial charge < -0.3 is 16.0 Å². The minimum atomic E-state index is -0.434. The fraction of sp³-hybridized carbons (Fsp3) is 0.533. The van der Waals surface area contributed by atoms with Crippen molar-refractivity contribution in [1.29, 1.82) is 5.26 Å². The Bertz CT molecular complexity index is 529. The summed E-state index contributed by atoms with van der Waals surface area (Å²) >= 11 is 1.44. The second-order valence-electron chi connectivity index (χ2n) is 4.86. The highest BCUT2D eigenvalue weighted by Crippen LogP contribution is 2.23. The van der Waals surface area contributed by atoms with Gasteiger partial charge in [0.1, 0.15) is 6.04 Å². The van der Waals surface area contributed by atoms with Gasteiger partial charge in [-0.3, -0.25) is 15.1 Å². The van der Waals surface area contributed by atoms with Crippen LogP contribution >= 0.6 is 11.3 Å². The number of hydrogen-bond donors (Lipinski definition) is 3. The first kappa shape index (κ1) is 19.9. The summed E-state index contributed by atoms with van der Waals surface area (Å²) < 4.78 is 0. The molecule has 132 valence electrons. The monoisotopic (exact) mass is 352 g/mol. The smallest absolute Gasteiger partial charge is 0.243 e. The average Bonchev–Trinajstić information content (AvgIpc) is 3.11. The number of rotatable bonds is 12. The number of nitrogens with two attached hydrogens (primary N) is 1. The predicted octanol–water partition coefficient (Wildman–Crippen LogP) is 1.10. The molecule has 1 rings (SSSR count). The maximum atomic E-state index is 12.6. The van der Waals surface area contributed by atoms with Crippen LogP contribution in [0, 0.1) is 11.3 Å². The standard InChI is InChI=1S/C15H24N6O2S/c1-23-20-9-11-21(15-19-10-12-24-15)13(5-2-3-6-16)14(22)18-8-4-7-17/h9-13,20H,2-6,8,16H2,1H3,(H,18,22)/t13-/m0/s1. The van der Waals surface area contributed by atoms with Crippen molar-refractivity contribution in [1.82, 2.24) is 15.8 Å². The zero-order valence-electron chi connectivity index (χ0n) is 13.8. The minimum absolute atomic E-state index is 0.139. The van der Waals surface area contributed by atoms with Crippen molar-refractivity contribution in [3.63, 3.8) is 0 Å². The number of hydrogen-bond acceptors (Lipinski definition) is 8. The molecule has 0 aliphatic heterocycles. The van der Waals surface area contributed by atoms with Crippen molar-refractivity contribution in [2.45, 2.75) is 31.7 Å². The van der Waals surface area contributed by atoms with Gasteiger partial charge in [-0.05, 0) is 25.8 Å². The maximum absolute atomic E-state index is 12.6. The van der Waals surface area contributed by atoms with Crippen LogP contribution in [0.4, 0.5) is 5.13 Å². The van der Waals surface area contributed by atoms with Crippen molar-refractivity contribution in [3.05, 3.63) is 24.0 Å². The molecular formula is C15H24N6O2S. The minimum Gasteiger partial charge on any atom is -0.353 e. The van der Waals surface area contributed by atoms with Gasteiger partial charge >= 0.3 is 0 Å². The highest BCUT2D eigenvalue weighted by molar-refractivity contribution is 7.13. The zero-order chi connectivity index (χ0) is 17.6. The quantitative estimate of drug-likeness (QED) is 0.381. The van der Waals surface area contributed by atoms with E-state index in [2.05, 4.69) is 15.8 Å². The van der Waals surface area contributed by atoms with E-state index >= 15 is 0 Å². The first-order chi connectivity index (χ1) is 11.7. The van der Waals surface area contributed by atoms with Crippen LogP contribution < -0.4 is 21.4 Å². The summed E-state index contributed by atoms with van der Waals surface area (Å²) in [6.45, 7) is 0.912. The zero-order valence-corrected chi connectivity index (χ0v) is 14.6. The Balaban J connectivity index is 2.91. The lowest BCUT2D eigenvalue weighted by atomic mass is 10.1. The van der Waals surface area contributed by atoms with E-state index in [-0.39, 0.29) is 12.3 Å². The summed E-state index contributed by atoms with van der Waals surface area (Å²) in [6.07, 6.45) is 7.58. The van der Waals surface area contributed by atoms with Crippen molar-refractivity contribution in [2.75, 3.05) is 25.1 Å². The van der Waals surface area contributed by atoms with E-state index in [1.807, 2.05) is 11.4 Å². The molecule has 0 saturated carbocycles. The predicted molar refractivity (Wildman–Crippen MR) is 93.8 cm³/mol. The Kier molecular flexibility index (Phi) is 10.2. The molecule has 0 aliphatic carbocycles. The third kappa shape index (κ3) is 6.95. The Morgan fingerprint density at radius 1 is 1.62 bits per heavy atom. The second-order valence-corrected chi connectivity index (χ2v) is 5.73. The van der Waals surface area contributed by atoms with Crippen molar-refractivity contribution < 1.29 is 9.63 Å². The number of amides is 1. The molecule has 0 radical (unpaired) electrons. The Labute approximate surface area is 146 Å². The number of hydroxylamine groups is 1. The van der Waals surface area contributed by atoms with Crippen molar-refractivity contribution in [2.24, 2.45) is 5.73 Å². The molecule has 0 spiro atoms. The summed E-state index contributed by atoms with van der Waals surface area (Å²) in [5.41, 5.74) is 8.17. The molecule has 24 heavy (non-hydrogen) atoms. The third-order valence-electron chi connectivity index (χ3n) is 3.17. The van der Waals surface area contributed by atoms with Gasteiger partial charge in [0.15, 0.2) is 5.13 Å². The molecule has 0 unspecified atom stereocenters. The van der Waals surface area contributed by atoms with E-state index in [0.717, 1.165) is 12.8 Å². The van der Waals surface area contributed by atoms with Crippen LogP contribution in [0.1, 0.15) is 25.7 Å². The van der Waals surface area contributed by atoms with Crippen molar-refractivity contribution >= 4 is 22.4 Å². The molecule has 0 fully saturated rings. The molecule has 1 aromatic heterocycles. The lowest BCUT2D eigenvalue weighted by molar-refractivity contribution is -0.122. The van der Waals surface area contributed by atoms with Crippen LogP contribution in [-0.4, -0.2) is 37.1 Å². The SMILES string of the molecule is CONC=CN(c1nccs1)[C@@H](CCCCN)C(=O)NCCC#N. The number of carbonyl (C=O) groups is 1. The van der Waals surface area contributed by atoms with Gasteiger partial charge in [0, 0.05) is 30.5 Å². The molecule has 9 heteroatoms. The van der Waals surface area contributed by atoms with Crippen LogP contribution in [0.5, 0.6) is 0 Å². The summed E-state index contributed by atoms with van der Waals surface area (Å²) in [5.74, 6) is -0.139. The molecule has 0 bridgehead atoms. The molecule has 0 aromatic carbocycles. The van der Waals surface area contributed by atoms with Crippen LogP contribution in [0.15, 0.2) is 24.0 Å². The molecular weight excluding hydrogens is 328 g/mol. The fourth-order valence-electron chi connectivity index (χ4n) is 2.06. The summed E-state index contributed by atoms with van der Waals surface area (Å²) in [4.78, 5) is 23.5. The largest absolute Gasteiger partial charge is 0.353 e. The molecule has 1 amide bonds. The number of nitrogens with one attached hydrogen (secondary N) is 2. The van der Waals surface area contributed by atoms with E-state index in [0.29, 0.717) is 24.6 Å². The molecule has 1 heterocycles. The van der Waals surface area contributed by atoms with Crippen molar-refractivity contribution in [3.8, 4) is 6.07 Å². The summed E-state index contributed by atoms with van der Waals surface area (Å²) in [6, 6.07) is 1.58. The Morgan fingerprint density at radius 3 is 3.08 bits per heavy atom. The van der Waals surface area contributed by atoms with Gasteiger partial charge in [0.25, 0.3) is 0 Å². The summed E-state index contributed by atoms with van der Waals surface area (Å²) in [5, 5.41) is 14.0. The number of thiazole rings is 1. The van der Waals surface area contributed by atoms with Crippen LogP contribution in [-0.2, 0) is 9.63 Å². The lowest BCUT2D eigenvalue weighted by Gasteiger charge is -2.27. The molecule has 0 saturated heterocycles. The number of nitriles is 1. The maximum Gasteiger partial charge on any atom is 0.243 e. The average molecular weight is 352 g/mol. The van der Waals surface area contributed by atoms with Crippen LogP contribution in [0.2, 0.25) is 0 Å². The highest BCUT2D eigenvalue weighted by Gasteiger charge is 2.25. The Morgan fingerprint density at radius 2 is 2.46 bits per heavy atom. The van der Waals surface area contributed by atoms with Crippen LogP contribution in [0.3, 0.4) is 0 Å². The summed E-state index contributed by atoms with van der Waals surface area (Å²) in [7, 11) is 1.51. The number of aromatic nitrogens is 1. The topological polar surface area (TPSA) is 116 Å². The van der Waals surface area contributed by atoms with Gasteiger partial charge in [0.2, 0.25) is 5.91 Å². The van der Waals surface area contributed by atoms with Crippen LogP contribution in [0.25, 0.3) is 0 Å².